The quantitative estimate of drug-likeness (QED) is 0.416. The first kappa shape index (κ1) is 20.2. The van der Waals surface area contributed by atoms with Crippen LogP contribution in [-0.4, -0.2) is 40.4 Å². The van der Waals surface area contributed by atoms with Gasteiger partial charge in [-0.2, -0.15) is 5.10 Å². The second kappa shape index (κ2) is 10.1. The predicted molar refractivity (Wildman–Crippen MR) is 112 cm³/mol. The van der Waals surface area contributed by atoms with Crippen molar-refractivity contribution >= 4 is 5.96 Å². The molecule has 0 saturated heterocycles. The monoisotopic (exact) mass is 384 g/mol. The van der Waals surface area contributed by atoms with Gasteiger partial charge in [0.05, 0.1) is 5.69 Å². The van der Waals surface area contributed by atoms with E-state index in [9.17, 15) is 0 Å². The van der Waals surface area contributed by atoms with Crippen molar-refractivity contribution in [1.29, 1.82) is 0 Å². The largest absolute Gasteiger partial charge is 0.474 e. The van der Waals surface area contributed by atoms with E-state index in [1.807, 2.05) is 13.0 Å². The fraction of sp³-hybridized carbons (Fsp3) is 0.571. The topological polar surface area (TPSA) is 76.4 Å². The van der Waals surface area contributed by atoms with Crippen LogP contribution in [0.3, 0.4) is 0 Å². The van der Waals surface area contributed by atoms with Crippen molar-refractivity contribution in [2.45, 2.75) is 65.1 Å². The molecule has 0 unspecified atom stereocenters. The average molecular weight is 385 g/mol. The van der Waals surface area contributed by atoms with Crippen molar-refractivity contribution in [1.82, 2.24) is 25.4 Å². The number of rotatable bonds is 8. The number of hydrogen-bond acceptors (Lipinski definition) is 4. The highest BCUT2D eigenvalue weighted by atomic mass is 16.5. The molecule has 0 bridgehead atoms. The number of aliphatic imine (C=N–C) groups is 1. The SMILES string of the molecule is CN=C(NCCCn1nc(C)cc1C)NCc1cccnc1OC1CCCC1. The van der Waals surface area contributed by atoms with Crippen LogP contribution in [0.4, 0.5) is 0 Å². The highest BCUT2D eigenvalue weighted by Gasteiger charge is 2.18. The van der Waals surface area contributed by atoms with Gasteiger partial charge in [0.25, 0.3) is 0 Å². The van der Waals surface area contributed by atoms with Gasteiger partial charge in [-0.3, -0.25) is 9.67 Å². The molecule has 1 fully saturated rings. The predicted octanol–water partition coefficient (Wildman–Crippen LogP) is 2.97. The molecule has 0 aliphatic heterocycles. The van der Waals surface area contributed by atoms with Crippen LogP contribution in [0.5, 0.6) is 5.88 Å². The normalized spacial score (nSPS) is 15.0. The Hall–Kier alpha value is -2.57. The molecule has 2 aromatic rings. The van der Waals surface area contributed by atoms with Crippen LogP contribution in [0.1, 0.15) is 49.1 Å². The van der Waals surface area contributed by atoms with Crippen LogP contribution in [0.25, 0.3) is 0 Å². The van der Waals surface area contributed by atoms with Gasteiger partial charge in [-0.05, 0) is 58.1 Å². The van der Waals surface area contributed by atoms with E-state index in [2.05, 4.69) is 49.4 Å². The molecule has 2 aromatic heterocycles. The van der Waals surface area contributed by atoms with E-state index in [0.717, 1.165) is 55.4 Å². The summed E-state index contributed by atoms with van der Waals surface area (Å²) in [6.45, 7) is 6.47. The number of pyridine rings is 1. The number of aromatic nitrogens is 3. The molecule has 0 aromatic carbocycles. The maximum absolute atomic E-state index is 6.11. The zero-order valence-electron chi connectivity index (χ0n) is 17.2. The van der Waals surface area contributed by atoms with Gasteiger partial charge in [-0.1, -0.05) is 6.07 Å². The molecule has 2 heterocycles. The summed E-state index contributed by atoms with van der Waals surface area (Å²) in [4.78, 5) is 8.75. The smallest absolute Gasteiger partial charge is 0.218 e. The minimum atomic E-state index is 0.306. The maximum atomic E-state index is 6.11. The van der Waals surface area contributed by atoms with E-state index in [1.54, 1.807) is 13.2 Å². The first-order chi connectivity index (χ1) is 13.7. The fourth-order valence-corrected chi connectivity index (χ4v) is 3.57. The zero-order valence-corrected chi connectivity index (χ0v) is 17.2. The molecule has 7 heteroatoms. The summed E-state index contributed by atoms with van der Waals surface area (Å²) >= 11 is 0. The molecule has 152 valence electrons. The molecule has 1 aliphatic carbocycles. The lowest BCUT2D eigenvalue weighted by Crippen LogP contribution is -2.37. The maximum Gasteiger partial charge on any atom is 0.218 e. The summed E-state index contributed by atoms with van der Waals surface area (Å²) in [6, 6.07) is 6.11. The summed E-state index contributed by atoms with van der Waals surface area (Å²) in [5.41, 5.74) is 3.32. The minimum Gasteiger partial charge on any atom is -0.474 e. The molecule has 1 saturated carbocycles. The molecule has 28 heavy (non-hydrogen) atoms. The van der Waals surface area contributed by atoms with Crippen LogP contribution < -0.4 is 15.4 Å². The Labute approximate surface area is 167 Å². The van der Waals surface area contributed by atoms with Crippen LogP contribution in [0, 0.1) is 13.8 Å². The highest BCUT2D eigenvalue weighted by molar-refractivity contribution is 5.79. The number of aryl methyl sites for hydroxylation is 3. The number of guanidine groups is 1. The molecular formula is C21H32N6O. The van der Waals surface area contributed by atoms with Crippen LogP contribution in [0.2, 0.25) is 0 Å². The average Bonchev–Trinajstić information content (AvgIpc) is 3.31. The van der Waals surface area contributed by atoms with Crippen molar-refractivity contribution in [2.24, 2.45) is 4.99 Å². The Morgan fingerprint density at radius 3 is 2.82 bits per heavy atom. The Morgan fingerprint density at radius 1 is 1.29 bits per heavy atom. The van der Waals surface area contributed by atoms with Gasteiger partial charge in [-0.25, -0.2) is 4.98 Å². The molecule has 0 amide bonds. The van der Waals surface area contributed by atoms with Gasteiger partial charge in [0.1, 0.15) is 6.10 Å². The third kappa shape index (κ3) is 5.71. The lowest BCUT2D eigenvalue weighted by Gasteiger charge is -2.17. The van der Waals surface area contributed by atoms with Crippen molar-refractivity contribution in [3.05, 3.63) is 41.3 Å². The fourth-order valence-electron chi connectivity index (χ4n) is 3.57. The van der Waals surface area contributed by atoms with E-state index in [1.165, 1.54) is 18.5 Å². The van der Waals surface area contributed by atoms with Crippen molar-refractivity contribution in [2.75, 3.05) is 13.6 Å². The summed E-state index contributed by atoms with van der Waals surface area (Å²) < 4.78 is 8.16. The van der Waals surface area contributed by atoms with E-state index in [0.29, 0.717) is 12.6 Å². The van der Waals surface area contributed by atoms with Gasteiger partial charge >= 0.3 is 0 Å². The molecule has 0 radical (unpaired) electrons. The molecule has 7 nitrogen and oxygen atoms in total. The second-order valence-electron chi connectivity index (χ2n) is 7.35. The highest BCUT2D eigenvalue weighted by Crippen LogP contribution is 2.24. The van der Waals surface area contributed by atoms with Gasteiger partial charge in [0.15, 0.2) is 5.96 Å². The van der Waals surface area contributed by atoms with Gasteiger partial charge in [0.2, 0.25) is 5.88 Å². The standard InChI is InChI=1S/C21H32N6O/c1-16-14-17(2)27(26-16)13-7-12-24-21(22-3)25-15-18-8-6-11-23-20(18)28-19-9-4-5-10-19/h6,8,11,14,19H,4-5,7,9-10,12-13,15H2,1-3H3,(H2,22,24,25). The first-order valence-electron chi connectivity index (χ1n) is 10.2. The van der Waals surface area contributed by atoms with Gasteiger partial charge < -0.3 is 15.4 Å². The molecule has 0 spiro atoms. The molecule has 1 aliphatic rings. The van der Waals surface area contributed by atoms with Crippen LogP contribution in [0.15, 0.2) is 29.4 Å². The molecule has 3 rings (SSSR count). The Bertz CT molecular complexity index is 779. The first-order valence-corrected chi connectivity index (χ1v) is 10.2. The Kier molecular flexibility index (Phi) is 7.28. The lowest BCUT2D eigenvalue weighted by molar-refractivity contribution is 0.199. The molecule has 0 atom stereocenters. The van der Waals surface area contributed by atoms with E-state index >= 15 is 0 Å². The van der Waals surface area contributed by atoms with E-state index < -0.39 is 0 Å². The minimum absolute atomic E-state index is 0.306. The Morgan fingerprint density at radius 2 is 2.11 bits per heavy atom. The van der Waals surface area contributed by atoms with Crippen molar-refractivity contribution < 1.29 is 4.74 Å². The number of nitrogens with one attached hydrogen (secondary N) is 2. The summed E-state index contributed by atoms with van der Waals surface area (Å²) in [6.07, 6.45) is 7.83. The molecular weight excluding hydrogens is 352 g/mol. The summed E-state index contributed by atoms with van der Waals surface area (Å²) in [7, 11) is 1.79. The Balaban J connectivity index is 1.44. The third-order valence-corrected chi connectivity index (χ3v) is 5.04. The third-order valence-electron chi connectivity index (χ3n) is 5.04. The molecule has 2 N–H and O–H groups in total. The van der Waals surface area contributed by atoms with E-state index in [-0.39, 0.29) is 0 Å². The summed E-state index contributed by atoms with van der Waals surface area (Å²) in [5.74, 6) is 1.52. The zero-order chi connectivity index (χ0) is 19.8. The van der Waals surface area contributed by atoms with Crippen LogP contribution in [-0.2, 0) is 13.1 Å². The van der Waals surface area contributed by atoms with Crippen LogP contribution >= 0.6 is 0 Å². The van der Waals surface area contributed by atoms with E-state index in [4.69, 9.17) is 4.74 Å². The van der Waals surface area contributed by atoms with Crippen molar-refractivity contribution in [3.8, 4) is 5.88 Å². The van der Waals surface area contributed by atoms with Crippen molar-refractivity contribution in [3.63, 3.8) is 0 Å². The second-order valence-corrected chi connectivity index (χ2v) is 7.35. The number of hydrogen-bond donors (Lipinski definition) is 2. The number of nitrogens with zero attached hydrogens (tertiary/aromatic N) is 4. The van der Waals surface area contributed by atoms with Gasteiger partial charge in [0, 0.05) is 44.1 Å². The van der Waals surface area contributed by atoms with Gasteiger partial charge in [-0.15, -0.1) is 0 Å². The summed E-state index contributed by atoms with van der Waals surface area (Å²) in [5, 5.41) is 11.2. The number of ether oxygens (including phenoxy) is 1. The lowest BCUT2D eigenvalue weighted by atomic mass is 10.2.